The summed E-state index contributed by atoms with van der Waals surface area (Å²) in [6, 6.07) is 0. The minimum Gasteiger partial charge on any atom is -0.320 e. The number of rotatable bonds is 10. The van der Waals surface area contributed by atoms with E-state index in [2.05, 4.69) is 20.4 Å². The molecule has 0 aromatic carbocycles. The van der Waals surface area contributed by atoms with Crippen molar-refractivity contribution in [2.75, 3.05) is 66.5 Å². The van der Waals surface area contributed by atoms with Gasteiger partial charge in [-0.1, -0.05) is 0 Å². The van der Waals surface area contributed by atoms with Gasteiger partial charge in [-0.05, 0) is 66.0 Å². The molecule has 1 aliphatic rings. The van der Waals surface area contributed by atoms with Crippen LogP contribution in [0.2, 0.25) is 0 Å². The summed E-state index contributed by atoms with van der Waals surface area (Å²) in [6.07, 6.45) is 5.29. The summed E-state index contributed by atoms with van der Waals surface area (Å²) in [5.41, 5.74) is 0. The van der Waals surface area contributed by atoms with Crippen molar-refractivity contribution in [1.82, 2.24) is 20.4 Å². The zero-order chi connectivity index (χ0) is 13.1. The van der Waals surface area contributed by atoms with Crippen molar-refractivity contribution in [2.45, 2.75) is 25.7 Å². The largest absolute Gasteiger partial charge is 0.320 e. The third kappa shape index (κ3) is 9.79. The Morgan fingerprint density at radius 1 is 0.684 bits per heavy atom. The Bertz CT molecular complexity index is 164. The second kappa shape index (κ2) is 13.3. The van der Waals surface area contributed by atoms with Crippen LogP contribution in [-0.4, -0.2) is 76.3 Å². The summed E-state index contributed by atoms with van der Waals surface area (Å²) in [5, 5.41) is 6.43. The Balaban J connectivity index is 0.00000324. The van der Waals surface area contributed by atoms with Crippen LogP contribution in [0.1, 0.15) is 25.7 Å². The molecule has 2 N–H and O–H groups in total. The molecule has 0 amide bonds. The summed E-state index contributed by atoms with van der Waals surface area (Å²) in [5.74, 6) is 0. The molecule has 19 heavy (non-hydrogen) atoms. The first kappa shape index (κ1) is 19.3. The highest BCUT2D eigenvalue weighted by Gasteiger charge is 2.15. The van der Waals surface area contributed by atoms with Crippen LogP contribution in [0.3, 0.4) is 0 Å². The highest BCUT2D eigenvalue weighted by atomic mass is 79.9. The van der Waals surface area contributed by atoms with Crippen LogP contribution in [0.15, 0.2) is 0 Å². The molecule has 5 heteroatoms. The Hall–Kier alpha value is 0.320. The van der Waals surface area contributed by atoms with E-state index >= 15 is 0 Å². The normalized spacial score (nSPS) is 17.4. The summed E-state index contributed by atoms with van der Waals surface area (Å²) in [6.45, 7) is 9.97. The standard InChI is InChI=1S/C14H32N4.BrH/c1-15-7-3-5-9-17-11-13-18(14-12-17)10-6-4-8-16-2;/h15-16H,3-14H2,1-2H3;1H. The van der Waals surface area contributed by atoms with Gasteiger partial charge in [-0.25, -0.2) is 0 Å². The average molecular weight is 337 g/mol. The molecule has 4 nitrogen and oxygen atoms in total. The third-order valence-electron chi connectivity index (χ3n) is 3.77. The smallest absolute Gasteiger partial charge is 0.0110 e. The number of nitrogens with one attached hydrogen (secondary N) is 2. The maximum absolute atomic E-state index is 3.21. The first-order chi connectivity index (χ1) is 8.86. The molecule has 1 rings (SSSR count). The predicted molar refractivity (Wildman–Crippen MR) is 89.5 cm³/mol. The van der Waals surface area contributed by atoms with Crippen molar-refractivity contribution in [2.24, 2.45) is 0 Å². The van der Waals surface area contributed by atoms with Gasteiger partial charge >= 0.3 is 0 Å². The van der Waals surface area contributed by atoms with Crippen LogP contribution in [0, 0.1) is 0 Å². The van der Waals surface area contributed by atoms with Crippen LogP contribution in [0.4, 0.5) is 0 Å². The van der Waals surface area contributed by atoms with E-state index in [4.69, 9.17) is 0 Å². The van der Waals surface area contributed by atoms with Gasteiger partial charge in [0.15, 0.2) is 0 Å². The van der Waals surface area contributed by atoms with E-state index in [1.165, 1.54) is 65.0 Å². The van der Waals surface area contributed by atoms with Crippen molar-refractivity contribution in [3.63, 3.8) is 0 Å². The SMILES string of the molecule is Br.CNCCCCN1CCN(CCCCNC)CC1. The van der Waals surface area contributed by atoms with Gasteiger partial charge in [0, 0.05) is 26.2 Å². The molecule has 0 saturated carbocycles. The molecule has 0 bridgehead atoms. The predicted octanol–water partition coefficient (Wildman–Crippen LogP) is 1.18. The average Bonchev–Trinajstić information content (AvgIpc) is 2.41. The van der Waals surface area contributed by atoms with E-state index in [0.29, 0.717) is 0 Å². The quantitative estimate of drug-likeness (QED) is 0.586. The molecular formula is C14H33BrN4. The first-order valence-corrected chi connectivity index (χ1v) is 7.60. The number of piperazine rings is 1. The van der Waals surface area contributed by atoms with Gasteiger partial charge in [0.2, 0.25) is 0 Å². The van der Waals surface area contributed by atoms with Crippen molar-refractivity contribution in [1.29, 1.82) is 0 Å². The second-order valence-corrected chi connectivity index (χ2v) is 5.30. The molecule has 0 spiro atoms. The number of unbranched alkanes of at least 4 members (excludes halogenated alkanes) is 2. The lowest BCUT2D eigenvalue weighted by atomic mass is 10.2. The van der Waals surface area contributed by atoms with Crippen LogP contribution in [0.25, 0.3) is 0 Å². The maximum atomic E-state index is 3.21. The summed E-state index contributed by atoms with van der Waals surface area (Å²) in [7, 11) is 4.07. The van der Waals surface area contributed by atoms with Gasteiger partial charge < -0.3 is 20.4 Å². The van der Waals surface area contributed by atoms with E-state index in [1.54, 1.807) is 0 Å². The molecule has 0 unspecified atom stereocenters. The zero-order valence-corrected chi connectivity index (χ0v) is 14.5. The van der Waals surface area contributed by atoms with Gasteiger partial charge in [0.25, 0.3) is 0 Å². The fourth-order valence-corrected chi connectivity index (χ4v) is 2.51. The van der Waals surface area contributed by atoms with Crippen molar-refractivity contribution < 1.29 is 0 Å². The minimum atomic E-state index is 0. The Morgan fingerprint density at radius 3 is 1.37 bits per heavy atom. The van der Waals surface area contributed by atoms with Gasteiger partial charge in [-0.15, -0.1) is 17.0 Å². The summed E-state index contributed by atoms with van der Waals surface area (Å²) >= 11 is 0. The highest BCUT2D eigenvalue weighted by Crippen LogP contribution is 2.04. The lowest BCUT2D eigenvalue weighted by molar-refractivity contribution is 0.129. The van der Waals surface area contributed by atoms with Crippen LogP contribution in [-0.2, 0) is 0 Å². The zero-order valence-electron chi connectivity index (χ0n) is 12.8. The minimum absolute atomic E-state index is 0. The molecule has 1 fully saturated rings. The highest BCUT2D eigenvalue weighted by molar-refractivity contribution is 8.93. The van der Waals surface area contributed by atoms with Gasteiger partial charge in [0.05, 0.1) is 0 Å². The molecule has 0 radical (unpaired) electrons. The third-order valence-corrected chi connectivity index (χ3v) is 3.77. The fourth-order valence-electron chi connectivity index (χ4n) is 2.51. The molecule has 0 atom stereocenters. The molecule has 1 aliphatic heterocycles. The monoisotopic (exact) mass is 336 g/mol. The molecule has 1 saturated heterocycles. The summed E-state index contributed by atoms with van der Waals surface area (Å²) in [4.78, 5) is 5.25. The number of halogens is 1. The van der Waals surface area contributed by atoms with Crippen LogP contribution in [0.5, 0.6) is 0 Å². The van der Waals surface area contributed by atoms with E-state index in [-0.39, 0.29) is 17.0 Å². The van der Waals surface area contributed by atoms with Crippen molar-refractivity contribution in [3.05, 3.63) is 0 Å². The second-order valence-electron chi connectivity index (χ2n) is 5.30. The van der Waals surface area contributed by atoms with Crippen molar-refractivity contribution in [3.8, 4) is 0 Å². The lowest BCUT2D eigenvalue weighted by Gasteiger charge is -2.34. The molecule has 0 aliphatic carbocycles. The van der Waals surface area contributed by atoms with Crippen LogP contribution < -0.4 is 10.6 Å². The molecular weight excluding hydrogens is 304 g/mol. The molecule has 0 aromatic heterocycles. The number of nitrogens with zero attached hydrogens (tertiary/aromatic N) is 2. The van der Waals surface area contributed by atoms with Gasteiger partial charge in [0.1, 0.15) is 0 Å². The fraction of sp³-hybridized carbons (Fsp3) is 1.00. The number of hydrogen-bond acceptors (Lipinski definition) is 4. The van der Waals surface area contributed by atoms with E-state index < -0.39 is 0 Å². The first-order valence-electron chi connectivity index (χ1n) is 7.60. The van der Waals surface area contributed by atoms with E-state index in [9.17, 15) is 0 Å². The Labute approximate surface area is 130 Å². The topological polar surface area (TPSA) is 30.5 Å². The Morgan fingerprint density at radius 2 is 1.05 bits per heavy atom. The molecule has 116 valence electrons. The van der Waals surface area contributed by atoms with E-state index in [0.717, 1.165) is 13.1 Å². The van der Waals surface area contributed by atoms with Crippen molar-refractivity contribution >= 4 is 17.0 Å². The lowest BCUT2D eigenvalue weighted by Crippen LogP contribution is -2.46. The van der Waals surface area contributed by atoms with Gasteiger partial charge in [-0.3, -0.25) is 0 Å². The molecule has 1 heterocycles. The maximum Gasteiger partial charge on any atom is 0.0110 e. The van der Waals surface area contributed by atoms with E-state index in [1.807, 2.05) is 14.1 Å². The summed E-state index contributed by atoms with van der Waals surface area (Å²) < 4.78 is 0. The number of hydrogen-bond donors (Lipinski definition) is 2. The Kier molecular flexibility index (Phi) is 13.5. The van der Waals surface area contributed by atoms with Gasteiger partial charge in [-0.2, -0.15) is 0 Å². The van der Waals surface area contributed by atoms with Crippen LogP contribution >= 0.6 is 17.0 Å². The molecule has 0 aromatic rings.